The lowest BCUT2D eigenvalue weighted by Crippen LogP contribution is -2.15. The van der Waals surface area contributed by atoms with Gasteiger partial charge in [-0.25, -0.2) is 9.89 Å². The summed E-state index contributed by atoms with van der Waals surface area (Å²) in [6.07, 6.45) is 0. The summed E-state index contributed by atoms with van der Waals surface area (Å²) < 4.78 is 0.485. The average molecular weight is 215 g/mol. The van der Waals surface area contributed by atoms with Gasteiger partial charge in [0.15, 0.2) is 5.16 Å². The summed E-state index contributed by atoms with van der Waals surface area (Å²) in [7, 11) is 0. The molecule has 0 aliphatic carbocycles. The van der Waals surface area contributed by atoms with Crippen LogP contribution < -0.4 is 5.69 Å². The molecule has 0 unspecified atom stereocenters. The van der Waals surface area contributed by atoms with E-state index in [-0.39, 0.29) is 9.65 Å². The molecular formula is C3HCl3N4O. The van der Waals surface area contributed by atoms with Gasteiger partial charge in [-0.3, -0.25) is 0 Å². The fraction of sp³-hybridized carbons (Fsp3) is 0. The molecule has 1 aromatic rings. The Morgan fingerprint density at radius 3 is 2.45 bits per heavy atom. The van der Waals surface area contributed by atoms with Crippen LogP contribution in [-0.2, 0) is 0 Å². The maximum Gasteiger partial charge on any atom is 0.366 e. The fourth-order valence-electron chi connectivity index (χ4n) is 0.406. The average Bonchev–Trinajstić information content (AvgIpc) is 2.33. The number of aromatic amines is 1. The summed E-state index contributed by atoms with van der Waals surface area (Å²) in [4.78, 5) is 10.7. The Morgan fingerprint density at radius 1 is 1.45 bits per heavy atom. The molecule has 1 heterocycles. The van der Waals surface area contributed by atoms with Crippen LogP contribution in [-0.4, -0.2) is 20.2 Å². The van der Waals surface area contributed by atoms with Crippen molar-refractivity contribution in [3.63, 3.8) is 0 Å². The third kappa shape index (κ3) is 1.74. The number of halogens is 3. The van der Waals surface area contributed by atoms with Crippen molar-refractivity contribution in [2.75, 3.05) is 0 Å². The highest BCUT2D eigenvalue weighted by molar-refractivity contribution is 6.65. The minimum Gasteiger partial charge on any atom is -0.244 e. The molecule has 8 heteroatoms. The highest BCUT2D eigenvalue weighted by Crippen LogP contribution is 2.19. The second-order valence-corrected chi connectivity index (χ2v) is 2.78. The Labute approximate surface area is 75.5 Å². The van der Waals surface area contributed by atoms with Crippen molar-refractivity contribution < 1.29 is 0 Å². The Balaban J connectivity index is 3.24. The van der Waals surface area contributed by atoms with Crippen LogP contribution in [0, 0.1) is 0 Å². The maximum absolute atomic E-state index is 10.7. The van der Waals surface area contributed by atoms with Crippen molar-refractivity contribution >= 4 is 40.0 Å². The van der Waals surface area contributed by atoms with Gasteiger partial charge in [-0.05, 0) is 10.4 Å². The predicted octanol–water partition coefficient (Wildman–Crippen LogP) is 0.766. The van der Waals surface area contributed by atoms with Crippen LogP contribution in [0.4, 0.5) is 0 Å². The first kappa shape index (κ1) is 8.58. The Kier molecular flexibility index (Phi) is 2.53. The van der Waals surface area contributed by atoms with E-state index < -0.39 is 5.69 Å². The lowest BCUT2D eigenvalue weighted by Gasteiger charge is -1.91. The summed E-state index contributed by atoms with van der Waals surface area (Å²) in [5, 5.41) is 8.27. The minimum absolute atomic E-state index is 0.188. The topological polar surface area (TPSA) is 63.6 Å². The molecule has 0 spiro atoms. The maximum atomic E-state index is 10.7. The van der Waals surface area contributed by atoms with Crippen LogP contribution in [0.1, 0.15) is 0 Å². The van der Waals surface area contributed by atoms with E-state index in [2.05, 4.69) is 10.4 Å². The third-order valence-corrected chi connectivity index (χ3v) is 1.71. The van der Waals surface area contributed by atoms with Crippen molar-refractivity contribution in [2.45, 2.75) is 0 Å². The van der Waals surface area contributed by atoms with Crippen LogP contribution in [0.15, 0.2) is 9.29 Å². The van der Waals surface area contributed by atoms with E-state index in [0.717, 1.165) is 4.68 Å². The summed E-state index contributed by atoms with van der Waals surface area (Å²) in [5.74, 6) is 0. The molecule has 0 saturated heterocycles. The van der Waals surface area contributed by atoms with Gasteiger partial charge in [-0.15, -0.1) is 4.68 Å². The molecule has 5 nitrogen and oxygen atoms in total. The van der Waals surface area contributed by atoms with E-state index in [0.29, 0.717) is 0 Å². The predicted molar refractivity (Wildman–Crippen MR) is 41.4 cm³/mol. The van der Waals surface area contributed by atoms with Crippen LogP contribution in [0.2, 0.25) is 0 Å². The lowest BCUT2D eigenvalue weighted by atomic mass is 10.9. The molecule has 1 N–H and O–H groups in total. The zero-order chi connectivity index (χ0) is 8.43. The van der Waals surface area contributed by atoms with Crippen LogP contribution in [0.5, 0.6) is 0 Å². The number of nitrogens with zero attached hydrogens (tertiary/aromatic N) is 3. The molecule has 11 heavy (non-hydrogen) atoms. The van der Waals surface area contributed by atoms with Crippen LogP contribution in [0.25, 0.3) is 5.16 Å². The SMILES string of the molecule is O=c1[nH]nnn1C(Cl)=C(Cl)Cl. The van der Waals surface area contributed by atoms with E-state index in [1.165, 1.54) is 0 Å². The van der Waals surface area contributed by atoms with Crippen molar-refractivity contribution in [1.29, 1.82) is 0 Å². The van der Waals surface area contributed by atoms with Gasteiger partial charge in [0.05, 0.1) is 0 Å². The van der Waals surface area contributed by atoms with Gasteiger partial charge in [-0.1, -0.05) is 34.8 Å². The summed E-state index contributed by atoms with van der Waals surface area (Å²) in [5.41, 5.74) is -0.603. The third-order valence-electron chi connectivity index (χ3n) is 0.814. The fourth-order valence-corrected chi connectivity index (χ4v) is 0.677. The molecule has 0 aliphatic heterocycles. The van der Waals surface area contributed by atoms with Crippen LogP contribution in [0.3, 0.4) is 0 Å². The van der Waals surface area contributed by atoms with Gasteiger partial charge in [0.1, 0.15) is 4.49 Å². The first-order chi connectivity index (χ1) is 5.13. The molecule has 0 bridgehead atoms. The van der Waals surface area contributed by atoms with Crippen molar-refractivity contribution in [3.8, 4) is 0 Å². The number of rotatable bonds is 1. The molecule has 0 amide bonds. The largest absolute Gasteiger partial charge is 0.366 e. The first-order valence-electron chi connectivity index (χ1n) is 2.34. The molecule has 1 rings (SSSR count). The molecule has 0 atom stereocenters. The molecule has 0 radical (unpaired) electrons. The highest BCUT2D eigenvalue weighted by Gasteiger charge is 2.06. The monoisotopic (exact) mass is 214 g/mol. The Hall–Kier alpha value is -0.520. The van der Waals surface area contributed by atoms with E-state index in [4.69, 9.17) is 34.8 Å². The van der Waals surface area contributed by atoms with E-state index in [9.17, 15) is 4.79 Å². The zero-order valence-corrected chi connectivity index (χ0v) is 7.15. The van der Waals surface area contributed by atoms with Crippen LogP contribution >= 0.6 is 34.8 Å². The summed E-state index contributed by atoms with van der Waals surface area (Å²) in [6, 6.07) is 0. The van der Waals surface area contributed by atoms with Gasteiger partial charge in [0, 0.05) is 0 Å². The Morgan fingerprint density at radius 2 is 2.09 bits per heavy atom. The van der Waals surface area contributed by atoms with Crippen molar-refractivity contribution in [1.82, 2.24) is 20.2 Å². The number of tetrazole rings is 1. The minimum atomic E-state index is -0.603. The van der Waals surface area contributed by atoms with Gasteiger partial charge in [0.25, 0.3) is 0 Å². The van der Waals surface area contributed by atoms with E-state index >= 15 is 0 Å². The van der Waals surface area contributed by atoms with Gasteiger partial charge in [0.2, 0.25) is 0 Å². The molecule has 0 aromatic carbocycles. The standard InChI is InChI=1S/C3HCl3N4O/c4-1(5)2(6)10-3(11)7-8-9-10/h(H,7,9,11). The number of H-pyrrole nitrogens is 1. The molecule has 60 valence electrons. The van der Waals surface area contributed by atoms with Crippen molar-refractivity contribution in [2.24, 2.45) is 0 Å². The summed E-state index contributed by atoms with van der Waals surface area (Å²) in [6.45, 7) is 0. The number of hydrogen-bond donors (Lipinski definition) is 1. The molecule has 0 aliphatic rings. The quantitative estimate of drug-likeness (QED) is 0.752. The van der Waals surface area contributed by atoms with Gasteiger partial charge in [-0.2, -0.15) is 0 Å². The smallest absolute Gasteiger partial charge is 0.244 e. The van der Waals surface area contributed by atoms with Gasteiger partial charge >= 0.3 is 5.69 Å². The number of hydrogen-bond acceptors (Lipinski definition) is 3. The lowest BCUT2D eigenvalue weighted by molar-refractivity contribution is 0.806. The Bertz CT molecular complexity index is 334. The van der Waals surface area contributed by atoms with Crippen molar-refractivity contribution in [3.05, 3.63) is 15.0 Å². The molecule has 0 fully saturated rings. The zero-order valence-electron chi connectivity index (χ0n) is 4.88. The molecular weight excluding hydrogens is 214 g/mol. The van der Waals surface area contributed by atoms with E-state index in [1.54, 1.807) is 0 Å². The number of aromatic nitrogens is 4. The summed E-state index contributed by atoms with van der Waals surface area (Å²) >= 11 is 16.0. The second-order valence-electron chi connectivity index (χ2n) is 1.47. The highest BCUT2D eigenvalue weighted by atomic mass is 35.5. The number of nitrogens with one attached hydrogen (secondary N) is 1. The van der Waals surface area contributed by atoms with E-state index in [1.807, 2.05) is 5.10 Å². The molecule has 0 saturated carbocycles. The first-order valence-corrected chi connectivity index (χ1v) is 3.48. The molecule has 1 aromatic heterocycles. The van der Waals surface area contributed by atoms with Gasteiger partial charge < -0.3 is 0 Å². The second kappa shape index (κ2) is 3.25. The normalized spacial score (nSPS) is 9.73.